The largest absolute Gasteiger partial charge is 0.444 e. The molecule has 112 valence electrons. The van der Waals surface area contributed by atoms with Crippen molar-refractivity contribution in [2.75, 3.05) is 13.2 Å². The maximum atomic E-state index is 11.7. The predicted octanol–water partition coefficient (Wildman–Crippen LogP) is 2.09. The summed E-state index contributed by atoms with van der Waals surface area (Å²) in [4.78, 5) is 11.7. The minimum absolute atomic E-state index is 0.0281. The molecule has 0 saturated heterocycles. The average molecular weight is 283 g/mol. The third kappa shape index (κ3) is 7.11. The molecule has 0 heterocycles. The molecule has 0 bridgehead atoms. The molecule has 5 heteroatoms. The highest BCUT2D eigenvalue weighted by Crippen LogP contribution is 2.07. The van der Waals surface area contributed by atoms with Gasteiger partial charge < -0.3 is 19.9 Å². The van der Waals surface area contributed by atoms with Crippen molar-refractivity contribution in [1.82, 2.24) is 5.32 Å². The van der Waals surface area contributed by atoms with Crippen molar-refractivity contribution in [3.8, 4) is 0 Å². The Morgan fingerprint density at radius 3 is 2.60 bits per heavy atom. The lowest BCUT2D eigenvalue weighted by molar-refractivity contribution is 0.0367. The van der Waals surface area contributed by atoms with E-state index in [4.69, 9.17) is 12.2 Å². The molecule has 0 aliphatic rings. The van der Waals surface area contributed by atoms with Gasteiger partial charge in [-0.2, -0.15) is 0 Å². The molecule has 0 radical (unpaired) electrons. The zero-order chi connectivity index (χ0) is 16.8. The van der Waals surface area contributed by atoms with Crippen LogP contribution in [0.15, 0.2) is 30.3 Å². The first-order chi connectivity index (χ1) is 10.1. The van der Waals surface area contributed by atoms with Gasteiger partial charge in [-0.25, -0.2) is 4.79 Å². The molecule has 1 aromatic rings. The van der Waals surface area contributed by atoms with Crippen LogP contribution < -0.4 is 5.32 Å². The predicted molar refractivity (Wildman–Crippen MR) is 76.3 cm³/mol. The minimum Gasteiger partial charge on any atom is -0.444 e. The summed E-state index contributed by atoms with van der Waals surface area (Å²) < 4.78 is 26.0. The smallest absolute Gasteiger partial charge is 0.408 e. The molecule has 0 aromatic heterocycles. The van der Waals surface area contributed by atoms with Crippen LogP contribution in [0.4, 0.5) is 4.79 Å². The Hall–Kier alpha value is -1.59. The standard InChI is InChI=1S/C15H23NO4/c1-15(2,3)20-14(18)16-13(9-17)11-19-10-12-7-5-4-6-8-12/h4-8,13,17H,9-11H2,1-3H3,(H,16,18)/t13-/m0/s1/i11D2. The van der Waals surface area contributed by atoms with Gasteiger partial charge in [0.05, 0.1) is 28.6 Å². The van der Waals surface area contributed by atoms with Gasteiger partial charge in [-0.3, -0.25) is 0 Å². The molecule has 2 N–H and O–H groups in total. The van der Waals surface area contributed by atoms with Crippen molar-refractivity contribution >= 4 is 6.09 Å². The lowest BCUT2D eigenvalue weighted by Crippen LogP contribution is -2.43. The van der Waals surface area contributed by atoms with Gasteiger partial charge in [-0.05, 0) is 26.3 Å². The molecule has 5 nitrogen and oxygen atoms in total. The quantitative estimate of drug-likeness (QED) is 0.839. The molecule has 0 saturated carbocycles. The Balaban J connectivity index is 2.61. The van der Waals surface area contributed by atoms with Gasteiger partial charge in [0.2, 0.25) is 0 Å². The van der Waals surface area contributed by atoms with Crippen LogP contribution >= 0.6 is 0 Å². The maximum absolute atomic E-state index is 11.7. The normalized spacial score (nSPS) is 15.0. The fourth-order valence-corrected chi connectivity index (χ4v) is 1.36. The second-order valence-electron chi connectivity index (χ2n) is 5.27. The molecule has 0 spiro atoms. The summed E-state index contributed by atoms with van der Waals surface area (Å²) in [6.07, 6.45) is -0.807. The number of ether oxygens (including phenoxy) is 2. The topological polar surface area (TPSA) is 67.8 Å². The van der Waals surface area contributed by atoms with Crippen molar-refractivity contribution in [3.05, 3.63) is 35.9 Å². The lowest BCUT2D eigenvalue weighted by atomic mass is 10.2. The van der Waals surface area contributed by atoms with Crippen molar-refractivity contribution in [2.24, 2.45) is 0 Å². The van der Waals surface area contributed by atoms with E-state index in [1.54, 1.807) is 32.9 Å². The van der Waals surface area contributed by atoms with E-state index < -0.39 is 30.9 Å². The number of carbonyl (C=O) groups is 1. The zero-order valence-corrected chi connectivity index (χ0v) is 12.1. The number of hydrogen-bond acceptors (Lipinski definition) is 4. The summed E-state index contributed by atoms with van der Waals surface area (Å²) in [5.41, 5.74) is 0.0853. The molecule has 1 rings (SSSR count). The van der Waals surface area contributed by atoms with Gasteiger partial charge in [0.15, 0.2) is 0 Å². The minimum atomic E-state index is -2.23. The van der Waals surface area contributed by atoms with E-state index in [0.29, 0.717) is 0 Å². The summed E-state index contributed by atoms with van der Waals surface area (Å²) >= 11 is 0. The number of nitrogens with one attached hydrogen (secondary N) is 1. The van der Waals surface area contributed by atoms with Gasteiger partial charge >= 0.3 is 6.09 Å². The van der Waals surface area contributed by atoms with Crippen molar-refractivity contribution in [1.29, 1.82) is 0 Å². The molecule has 1 amide bonds. The lowest BCUT2D eigenvalue weighted by Gasteiger charge is -2.22. The molecular formula is C15H23NO4. The first-order valence-corrected chi connectivity index (χ1v) is 6.42. The van der Waals surface area contributed by atoms with Crippen LogP contribution in [0.5, 0.6) is 0 Å². The third-order valence-corrected chi connectivity index (χ3v) is 2.18. The van der Waals surface area contributed by atoms with Gasteiger partial charge in [0.25, 0.3) is 0 Å². The number of aliphatic hydroxyl groups is 1. The number of alkyl carbamates (subject to hydrolysis) is 1. The van der Waals surface area contributed by atoms with Crippen LogP contribution in [-0.2, 0) is 16.1 Å². The molecular weight excluding hydrogens is 258 g/mol. The summed E-state index contributed by atoms with van der Waals surface area (Å²) in [5.74, 6) is 0. The van der Waals surface area contributed by atoms with Crippen LogP contribution in [0.1, 0.15) is 29.1 Å². The molecule has 0 aliphatic carbocycles. The van der Waals surface area contributed by atoms with E-state index in [1.807, 2.05) is 18.2 Å². The van der Waals surface area contributed by atoms with Gasteiger partial charge in [0, 0.05) is 0 Å². The molecule has 0 unspecified atom stereocenters. The van der Waals surface area contributed by atoms with Crippen molar-refractivity contribution in [3.63, 3.8) is 0 Å². The van der Waals surface area contributed by atoms with E-state index >= 15 is 0 Å². The summed E-state index contributed by atoms with van der Waals surface area (Å²) in [7, 11) is 0. The Morgan fingerprint density at radius 1 is 1.40 bits per heavy atom. The zero-order valence-electron chi connectivity index (χ0n) is 14.1. The highest BCUT2D eigenvalue weighted by molar-refractivity contribution is 5.68. The van der Waals surface area contributed by atoms with E-state index in [9.17, 15) is 9.90 Å². The summed E-state index contributed by atoms with van der Waals surface area (Å²) in [6.45, 7) is 2.27. The third-order valence-electron chi connectivity index (χ3n) is 2.18. The highest BCUT2D eigenvalue weighted by Gasteiger charge is 2.19. The van der Waals surface area contributed by atoms with Crippen LogP contribution in [0.25, 0.3) is 0 Å². The second-order valence-corrected chi connectivity index (χ2v) is 5.27. The van der Waals surface area contributed by atoms with E-state index in [2.05, 4.69) is 5.32 Å². The van der Waals surface area contributed by atoms with Gasteiger partial charge in [-0.1, -0.05) is 30.3 Å². The van der Waals surface area contributed by atoms with Crippen molar-refractivity contribution in [2.45, 2.75) is 39.0 Å². The number of benzene rings is 1. The first-order valence-electron chi connectivity index (χ1n) is 7.42. The van der Waals surface area contributed by atoms with Crippen molar-refractivity contribution < 1.29 is 22.1 Å². The van der Waals surface area contributed by atoms with E-state index in [1.165, 1.54) is 0 Å². The number of hydrogen-bond donors (Lipinski definition) is 2. The summed E-state index contributed by atoms with van der Waals surface area (Å²) in [6, 6.07) is 7.84. The highest BCUT2D eigenvalue weighted by atomic mass is 16.6. The Kier molecular flexibility index (Phi) is 5.27. The maximum Gasteiger partial charge on any atom is 0.408 e. The van der Waals surface area contributed by atoms with Crippen LogP contribution in [0.2, 0.25) is 0 Å². The Morgan fingerprint density at radius 2 is 2.05 bits per heavy atom. The fourth-order valence-electron chi connectivity index (χ4n) is 1.36. The molecule has 0 aliphatic heterocycles. The SMILES string of the molecule is [2H]C([2H])(OCc1ccccc1)[C@H](CO)NC(=O)OC(C)(C)C. The number of amides is 1. The Labute approximate surface area is 122 Å². The molecule has 1 aromatic carbocycles. The van der Waals surface area contributed by atoms with Gasteiger partial charge in [0.1, 0.15) is 5.60 Å². The number of aliphatic hydroxyl groups excluding tert-OH is 1. The fraction of sp³-hybridized carbons (Fsp3) is 0.533. The van der Waals surface area contributed by atoms with Crippen LogP contribution in [0, 0.1) is 0 Å². The molecule has 1 atom stereocenters. The van der Waals surface area contributed by atoms with Crippen LogP contribution in [0.3, 0.4) is 0 Å². The van der Waals surface area contributed by atoms with E-state index in [0.717, 1.165) is 5.56 Å². The first kappa shape index (κ1) is 13.4. The number of rotatable bonds is 6. The second kappa shape index (κ2) is 7.87. The summed E-state index contributed by atoms with van der Waals surface area (Å²) in [5, 5.41) is 11.6. The number of carbonyl (C=O) groups excluding carboxylic acids is 1. The molecule has 0 fully saturated rings. The van der Waals surface area contributed by atoms with Gasteiger partial charge in [-0.15, -0.1) is 0 Å². The average Bonchev–Trinajstić information content (AvgIpc) is 2.42. The Bertz CT molecular complexity index is 474. The van der Waals surface area contributed by atoms with Crippen LogP contribution in [-0.4, -0.2) is 36.0 Å². The van der Waals surface area contributed by atoms with E-state index in [-0.39, 0.29) is 6.61 Å². The molecule has 20 heavy (non-hydrogen) atoms. The monoisotopic (exact) mass is 283 g/mol.